The van der Waals surface area contributed by atoms with Crippen LogP contribution in [-0.2, 0) is 4.79 Å². The molecule has 0 aliphatic carbocycles. The predicted octanol–water partition coefficient (Wildman–Crippen LogP) is 3.24. The Hall–Kier alpha value is -3.02. The van der Waals surface area contributed by atoms with Crippen molar-refractivity contribution < 1.29 is 19.1 Å². The summed E-state index contributed by atoms with van der Waals surface area (Å²) in [6.45, 7) is 3.78. The van der Waals surface area contributed by atoms with Crippen molar-refractivity contribution in [1.82, 2.24) is 5.32 Å². The molecule has 2 rings (SSSR count). The first-order chi connectivity index (χ1) is 12.5. The molecule has 2 N–H and O–H groups in total. The molecular formula is C20H24N2O4. The monoisotopic (exact) mass is 356 g/mol. The van der Waals surface area contributed by atoms with E-state index in [0.717, 1.165) is 6.42 Å². The van der Waals surface area contributed by atoms with Crippen LogP contribution in [0.2, 0.25) is 0 Å². The molecule has 26 heavy (non-hydrogen) atoms. The second-order valence-electron chi connectivity index (χ2n) is 5.85. The number of hydrogen-bond acceptors (Lipinski definition) is 4. The molecule has 0 bridgehead atoms. The number of benzene rings is 2. The molecule has 6 nitrogen and oxygen atoms in total. The minimum Gasteiger partial charge on any atom is -0.493 e. The van der Waals surface area contributed by atoms with Crippen LogP contribution in [0.1, 0.15) is 30.6 Å². The third-order valence-electron chi connectivity index (χ3n) is 3.83. The molecule has 0 saturated carbocycles. The average molecular weight is 356 g/mol. The Bertz CT molecular complexity index is 761. The van der Waals surface area contributed by atoms with Gasteiger partial charge in [0.15, 0.2) is 18.1 Å². The Labute approximate surface area is 153 Å². The summed E-state index contributed by atoms with van der Waals surface area (Å²) in [6, 6.07) is 14.0. The molecule has 0 fully saturated rings. The summed E-state index contributed by atoms with van der Waals surface area (Å²) < 4.78 is 10.7. The smallest absolute Gasteiger partial charge is 0.262 e. The molecule has 0 aliphatic heterocycles. The number of methoxy groups -OCH3 is 1. The Morgan fingerprint density at radius 1 is 1.08 bits per heavy atom. The van der Waals surface area contributed by atoms with Crippen molar-refractivity contribution in [1.29, 1.82) is 0 Å². The van der Waals surface area contributed by atoms with Gasteiger partial charge in [0, 0.05) is 17.3 Å². The molecule has 0 aliphatic rings. The van der Waals surface area contributed by atoms with E-state index in [1.807, 2.05) is 19.9 Å². The van der Waals surface area contributed by atoms with Crippen molar-refractivity contribution in [3.05, 3.63) is 54.1 Å². The summed E-state index contributed by atoms with van der Waals surface area (Å²) in [5.41, 5.74) is 1.03. The first kappa shape index (κ1) is 19.3. The Kier molecular flexibility index (Phi) is 7.02. The predicted molar refractivity (Wildman–Crippen MR) is 101 cm³/mol. The van der Waals surface area contributed by atoms with Gasteiger partial charge in [-0.2, -0.15) is 0 Å². The molecule has 0 aromatic heterocycles. The van der Waals surface area contributed by atoms with E-state index in [0.29, 0.717) is 22.7 Å². The molecule has 1 unspecified atom stereocenters. The maximum atomic E-state index is 12.2. The lowest BCUT2D eigenvalue weighted by Crippen LogP contribution is -2.32. The van der Waals surface area contributed by atoms with E-state index in [2.05, 4.69) is 10.6 Å². The first-order valence-electron chi connectivity index (χ1n) is 8.50. The van der Waals surface area contributed by atoms with Crippen molar-refractivity contribution in [2.75, 3.05) is 19.0 Å². The van der Waals surface area contributed by atoms with E-state index in [1.54, 1.807) is 42.5 Å². The van der Waals surface area contributed by atoms with Gasteiger partial charge in [-0.15, -0.1) is 0 Å². The van der Waals surface area contributed by atoms with Gasteiger partial charge in [0.25, 0.3) is 11.8 Å². The van der Waals surface area contributed by atoms with Crippen LogP contribution in [0.4, 0.5) is 5.69 Å². The summed E-state index contributed by atoms with van der Waals surface area (Å²) >= 11 is 0. The molecule has 0 saturated heterocycles. The average Bonchev–Trinajstić information content (AvgIpc) is 2.66. The van der Waals surface area contributed by atoms with Gasteiger partial charge in [0.1, 0.15) is 0 Å². The van der Waals surface area contributed by atoms with Crippen molar-refractivity contribution >= 4 is 17.5 Å². The highest BCUT2D eigenvalue weighted by Crippen LogP contribution is 2.25. The molecule has 0 spiro atoms. The van der Waals surface area contributed by atoms with E-state index < -0.39 is 0 Å². The number of nitrogens with one attached hydrogen (secondary N) is 2. The second-order valence-corrected chi connectivity index (χ2v) is 5.85. The minimum atomic E-state index is -0.324. The highest BCUT2D eigenvalue weighted by Gasteiger charge is 2.11. The van der Waals surface area contributed by atoms with Crippen LogP contribution < -0.4 is 20.1 Å². The number of ether oxygens (including phenoxy) is 2. The maximum Gasteiger partial charge on any atom is 0.262 e. The zero-order valence-corrected chi connectivity index (χ0v) is 15.2. The largest absolute Gasteiger partial charge is 0.493 e. The highest BCUT2D eigenvalue weighted by atomic mass is 16.5. The Morgan fingerprint density at radius 3 is 2.50 bits per heavy atom. The van der Waals surface area contributed by atoms with E-state index in [9.17, 15) is 9.59 Å². The lowest BCUT2D eigenvalue weighted by molar-refractivity contribution is -0.118. The fraction of sp³-hybridized carbons (Fsp3) is 0.300. The number of hydrogen-bond donors (Lipinski definition) is 2. The minimum absolute atomic E-state index is 0.0926. The lowest BCUT2D eigenvalue weighted by Gasteiger charge is -2.13. The van der Waals surface area contributed by atoms with E-state index in [1.165, 1.54) is 7.11 Å². The van der Waals surface area contributed by atoms with Crippen LogP contribution in [0.25, 0.3) is 0 Å². The van der Waals surface area contributed by atoms with Crippen molar-refractivity contribution in [3.8, 4) is 11.5 Å². The van der Waals surface area contributed by atoms with Gasteiger partial charge in [-0.05, 0) is 43.7 Å². The SMILES string of the molecule is CCC(C)NC(=O)c1cccc(NC(=O)COc2ccccc2OC)c1. The van der Waals surface area contributed by atoms with Crippen LogP contribution >= 0.6 is 0 Å². The summed E-state index contributed by atoms with van der Waals surface area (Å²) in [7, 11) is 1.54. The quantitative estimate of drug-likeness (QED) is 0.761. The molecular weight excluding hydrogens is 332 g/mol. The maximum absolute atomic E-state index is 12.2. The summed E-state index contributed by atoms with van der Waals surface area (Å²) in [4.78, 5) is 24.3. The summed E-state index contributed by atoms with van der Waals surface area (Å²) in [5.74, 6) is 0.562. The van der Waals surface area contributed by atoms with Gasteiger partial charge in [-0.3, -0.25) is 9.59 Å². The number of carbonyl (C=O) groups is 2. The van der Waals surface area contributed by atoms with Crippen molar-refractivity contribution in [3.63, 3.8) is 0 Å². The van der Waals surface area contributed by atoms with Gasteiger partial charge < -0.3 is 20.1 Å². The second kappa shape index (κ2) is 9.46. The van der Waals surface area contributed by atoms with Gasteiger partial charge in [0.05, 0.1) is 7.11 Å². The Balaban J connectivity index is 1.94. The normalized spacial score (nSPS) is 11.3. The van der Waals surface area contributed by atoms with Gasteiger partial charge in [-0.1, -0.05) is 25.1 Å². The fourth-order valence-corrected chi connectivity index (χ4v) is 2.23. The first-order valence-corrected chi connectivity index (χ1v) is 8.50. The number of rotatable bonds is 8. The van der Waals surface area contributed by atoms with Gasteiger partial charge in [0.2, 0.25) is 0 Å². The van der Waals surface area contributed by atoms with E-state index in [4.69, 9.17) is 9.47 Å². The third kappa shape index (κ3) is 5.51. The molecule has 0 radical (unpaired) electrons. The number of para-hydroxylation sites is 2. The topological polar surface area (TPSA) is 76.7 Å². The zero-order valence-electron chi connectivity index (χ0n) is 15.2. The fourth-order valence-electron chi connectivity index (χ4n) is 2.23. The van der Waals surface area contributed by atoms with Crippen LogP contribution in [0.15, 0.2) is 48.5 Å². The molecule has 138 valence electrons. The summed E-state index contributed by atoms with van der Waals surface area (Å²) in [5, 5.41) is 5.62. The highest BCUT2D eigenvalue weighted by molar-refractivity contribution is 5.97. The van der Waals surface area contributed by atoms with Crippen LogP contribution in [-0.4, -0.2) is 31.6 Å². The number of carbonyl (C=O) groups excluding carboxylic acids is 2. The lowest BCUT2D eigenvalue weighted by atomic mass is 10.1. The number of anilines is 1. The third-order valence-corrected chi connectivity index (χ3v) is 3.83. The van der Waals surface area contributed by atoms with E-state index >= 15 is 0 Å². The molecule has 1 atom stereocenters. The van der Waals surface area contributed by atoms with E-state index in [-0.39, 0.29) is 24.5 Å². The Morgan fingerprint density at radius 2 is 1.81 bits per heavy atom. The van der Waals surface area contributed by atoms with Gasteiger partial charge in [-0.25, -0.2) is 0 Å². The molecule has 2 amide bonds. The van der Waals surface area contributed by atoms with Crippen molar-refractivity contribution in [2.45, 2.75) is 26.3 Å². The molecule has 0 heterocycles. The molecule has 6 heteroatoms. The number of amides is 2. The van der Waals surface area contributed by atoms with Gasteiger partial charge >= 0.3 is 0 Å². The van der Waals surface area contributed by atoms with Crippen molar-refractivity contribution in [2.24, 2.45) is 0 Å². The zero-order chi connectivity index (χ0) is 18.9. The molecule has 2 aromatic rings. The van der Waals surface area contributed by atoms with Crippen LogP contribution in [0.5, 0.6) is 11.5 Å². The molecule has 2 aromatic carbocycles. The van der Waals surface area contributed by atoms with Crippen LogP contribution in [0.3, 0.4) is 0 Å². The standard InChI is InChI=1S/C20H24N2O4/c1-4-14(2)21-20(24)15-8-7-9-16(12-15)22-19(23)13-26-18-11-6-5-10-17(18)25-3/h5-12,14H,4,13H2,1-3H3,(H,21,24)(H,22,23). The van der Waals surface area contributed by atoms with Crippen LogP contribution in [0, 0.1) is 0 Å². The summed E-state index contributed by atoms with van der Waals surface area (Å²) in [6.07, 6.45) is 0.850.